The lowest BCUT2D eigenvalue weighted by molar-refractivity contribution is 0.0677. The SMILES string of the molecule is C[C@H]1N=C(N2CCOCC2)Nc2ccccc21. The Morgan fingerprint density at radius 1 is 1.29 bits per heavy atom. The van der Waals surface area contributed by atoms with Crippen molar-refractivity contribution >= 4 is 11.6 Å². The summed E-state index contributed by atoms with van der Waals surface area (Å²) < 4.78 is 5.36. The lowest BCUT2D eigenvalue weighted by atomic mass is 10.1. The molecule has 17 heavy (non-hydrogen) atoms. The molecule has 2 aliphatic rings. The zero-order valence-corrected chi connectivity index (χ0v) is 10.0. The van der Waals surface area contributed by atoms with Crippen LogP contribution in [0.3, 0.4) is 0 Å². The fourth-order valence-corrected chi connectivity index (χ4v) is 2.32. The molecule has 4 nitrogen and oxygen atoms in total. The summed E-state index contributed by atoms with van der Waals surface area (Å²) in [7, 11) is 0. The van der Waals surface area contributed by atoms with Crippen LogP contribution in [0.15, 0.2) is 29.3 Å². The van der Waals surface area contributed by atoms with Gasteiger partial charge in [-0.2, -0.15) is 0 Å². The van der Waals surface area contributed by atoms with Gasteiger partial charge in [0.15, 0.2) is 5.96 Å². The van der Waals surface area contributed by atoms with Gasteiger partial charge in [0.05, 0.1) is 19.3 Å². The fourth-order valence-electron chi connectivity index (χ4n) is 2.32. The van der Waals surface area contributed by atoms with Crippen LogP contribution in [0.1, 0.15) is 18.5 Å². The molecule has 1 aromatic carbocycles. The molecule has 2 aliphatic heterocycles. The molecule has 2 heterocycles. The number of anilines is 1. The van der Waals surface area contributed by atoms with Crippen LogP contribution in [-0.4, -0.2) is 37.2 Å². The minimum absolute atomic E-state index is 0.227. The summed E-state index contributed by atoms with van der Waals surface area (Å²) in [6.45, 7) is 5.55. The normalized spacial score (nSPS) is 23.7. The van der Waals surface area contributed by atoms with Crippen molar-refractivity contribution in [2.45, 2.75) is 13.0 Å². The van der Waals surface area contributed by atoms with E-state index in [1.54, 1.807) is 0 Å². The summed E-state index contributed by atoms with van der Waals surface area (Å²) in [5.74, 6) is 0.986. The summed E-state index contributed by atoms with van der Waals surface area (Å²) in [5, 5.41) is 3.42. The van der Waals surface area contributed by atoms with Crippen LogP contribution >= 0.6 is 0 Å². The highest BCUT2D eigenvalue weighted by molar-refractivity contribution is 5.96. The van der Waals surface area contributed by atoms with Crippen LogP contribution in [0.5, 0.6) is 0 Å². The largest absolute Gasteiger partial charge is 0.378 e. The van der Waals surface area contributed by atoms with Crippen molar-refractivity contribution in [3.63, 3.8) is 0 Å². The van der Waals surface area contributed by atoms with Gasteiger partial charge >= 0.3 is 0 Å². The zero-order valence-electron chi connectivity index (χ0n) is 10.0. The molecule has 1 saturated heterocycles. The maximum absolute atomic E-state index is 5.36. The molecule has 1 atom stereocenters. The summed E-state index contributed by atoms with van der Waals surface area (Å²) >= 11 is 0. The number of aliphatic imine (C=N–C) groups is 1. The number of hydrogen-bond donors (Lipinski definition) is 1. The standard InChI is InChI=1S/C13H17N3O/c1-10-11-4-2-3-5-12(11)15-13(14-10)16-6-8-17-9-7-16/h2-5,10H,6-9H2,1H3,(H,14,15)/t10-/m1/s1. The highest BCUT2D eigenvalue weighted by Crippen LogP contribution is 2.29. The van der Waals surface area contributed by atoms with E-state index in [0.29, 0.717) is 0 Å². The molecule has 0 aliphatic carbocycles. The van der Waals surface area contributed by atoms with Gasteiger partial charge in [0, 0.05) is 18.8 Å². The molecule has 0 bridgehead atoms. The molecule has 0 saturated carbocycles. The Morgan fingerprint density at radius 2 is 2.06 bits per heavy atom. The van der Waals surface area contributed by atoms with E-state index in [1.807, 2.05) is 0 Å². The molecule has 1 aromatic rings. The van der Waals surface area contributed by atoms with Crippen molar-refractivity contribution in [3.05, 3.63) is 29.8 Å². The van der Waals surface area contributed by atoms with Gasteiger partial charge in [-0.15, -0.1) is 0 Å². The Kier molecular flexibility index (Phi) is 2.73. The van der Waals surface area contributed by atoms with Crippen LogP contribution in [0.4, 0.5) is 5.69 Å². The van der Waals surface area contributed by atoms with Gasteiger partial charge in [0.1, 0.15) is 0 Å². The van der Waals surface area contributed by atoms with Crippen molar-refractivity contribution in [3.8, 4) is 0 Å². The van der Waals surface area contributed by atoms with Gasteiger partial charge in [-0.25, -0.2) is 4.99 Å². The summed E-state index contributed by atoms with van der Waals surface area (Å²) in [4.78, 5) is 6.98. The molecule has 0 spiro atoms. The van der Waals surface area contributed by atoms with E-state index in [4.69, 9.17) is 9.73 Å². The lowest BCUT2D eigenvalue weighted by Crippen LogP contribution is -2.45. The minimum atomic E-state index is 0.227. The van der Waals surface area contributed by atoms with Crippen LogP contribution in [0.2, 0.25) is 0 Å². The smallest absolute Gasteiger partial charge is 0.199 e. The number of nitrogens with one attached hydrogen (secondary N) is 1. The van der Waals surface area contributed by atoms with Crippen LogP contribution in [0.25, 0.3) is 0 Å². The first-order valence-corrected chi connectivity index (χ1v) is 6.11. The van der Waals surface area contributed by atoms with Gasteiger partial charge in [0.2, 0.25) is 0 Å². The van der Waals surface area contributed by atoms with Gasteiger partial charge in [-0.05, 0) is 18.6 Å². The molecule has 1 N–H and O–H groups in total. The molecule has 4 heteroatoms. The first-order valence-electron chi connectivity index (χ1n) is 6.11. The predicted octanol–water partition coefficient (Wildman–Crippen LogP) is 1.86. The third kappa shape index (κ3) is 2.00. The summed E-state index contributed by atoms with van der Waals surface area (Å²) in [5.41, 5.74) is 2.45. The lowest BCUT2D eigenvalue weighted by Gasteiger charge is -2.33. The topological polar surface area (TPSA) is 36.9 Å². The molecule has 0 radical (unpaired) electrons. The second-order valence-corrected chi connectivity index (χ2v) is 4.44. The number of guanidine groups is 1. The first-order chi connectivity index (χ1) is 8.34. The number of nitrogens with zero attached hydrogens (tertiary/aromatic N) is 2. The van der Waals surface area contributed by atoms with Crippen molar-refractivity contribution < 1.29 is 4.74 Å². The van der Waals surface area contributed by atoms with Crippen LogP contribution in [-0.2, 0) is 4.74 Å². The Balaban J connectivity index is 1.85. The van der Waals surface area contributed by atoms with E-state index < -0.39 is 0 Å². The molecule has 0 aromatic heterocycles. The third-order valence-electron chi connectivity index (χ3n) is 3.28. The van der Waals surface area contributed by atoms with Crippen molar-refractivity contribution in [2.24, 2.45) is 4.99 Å². The average Bonchev–Trinajstić information content (AvgIpc) is 2.40. The van der Waals surface area contributed by atoms with Crippen molar-refractivity contribution in [1.29, 1.82) is 0 Å². The van der Waals surface area contributed by atoms with Crippen LogP contribution in [0, 0.1) is 0 Å². The van der Waals surface area contributed by atoms with E-state index in [9.17, 15) is 0 Å². The zero-order chi connectivity index (χ0) is 11.7. The van der Waals surface area contributed by atoms with E-state index in [-0.39, 0.29) is 6.04 Å². The molecule has 1 fully saturated rings. The van der Waals surface area contributed by atoms with Gasteiger partial charge in [-0.3, -0.25) is 0 Å². The first kappa shape index (κ1) is 10.6. The molecule has 0 amide bonds. The third-order valence-corrected chi connectivity index (χ3v) is 3.28. The van der Waals surface area contributed by atoms with E-state index in [0.717, 1.165) is 32.3 Å². The number of fused-ring (bicyclic) bond motifs is 1. The highest BCUT2D eigenvalue weighted by Gasteiger charge is 2.22. The van der Waals surface area contributed by atoms with Gasteiger partial charge < -0.3 is 15.0 Å². The van der Waals surface area contributed by atoms with E-state index in [1.165, 1.54) is 11.3 Å². The maximum Gasteiger partial charge on any atom is 0.199 e. The quantitative estimate of drug-likeness (QED) is 0.740. The minimum Gasteiger partial charge on any atom is -0.378 e. The molecule has 0 unspecified atom stereocenters. The maximum atomic E-state index is 5.36. The summed E-state index contributed by atoms with van der Waals surface area (Å²) in [6.07, 6.45) is 0. The van der Waals surface area contributed by atoms with Gasteiger partial charge in [-0.1, -0.05) is 18.2 Å². The second-order valence-electron chi connectivity index (χ2n) is 4.44. The summed E-state index contributed by atoms with van der Waals surface area (Å²) in [6, 6.07) is 8.59. The molecule has 90 valence electrons. The number of ether oxygens (including phenoxy) is 1. The van der Waals surface area contributed by atoms with E-state index >= 15 is 0 Å². The number of morpholine rings is 1. The molecular formula is C13H17N3O. The highest BCUT2D eigenvalue weighted by atomic mass is 16.5. The molecule has 3 rings (SSSR count). The Hall–Kier alpha value is -1.55. The number of rotatable bonds is 0. The monoisotopic (exact) mass is 231 g/mol. The average molecular weight is 231 g/mol. The fraction of sp³-hybridized carbons (Fsp3) is 0.462. The van der Waals surface area contributed by atoms with Crippen molar-refractivity contribution in [1.82, 2.24) is 4.90 Å². The Bertz CT molecular complexity index is 438. The number of benzene rings is 1. The number of hydrogen-bond acceptors (Lipinski definition) is 4. The Labute approximate surface area is 101 Å². The van der Waals surface area contributed by atoms with Gasteiger partial charge in [0.25, 0.3) is 0 Å². The predicted molar refractivity (Wildman–Crippen MR) is 68.3 cm³/mol. The Morgan fingerprint density at radius 3 is 2.88 bits per heavy atom. The van der Waals surface area contributed by atoms with Crippen molar-refractivity contribution in [2.75, 3.05) is 31.6 Å². The van der Waals surface area contributed by atoms with Crippen LogP contribution < -0.4 is 5.32 Å². The second kappa shape index (κ2) is 4.37. The number of para-hydroxylation sites is 1. The molecular weight excluding hydrogens is 214 g/mol. The van der Waals surface area contributed by atoms with E-state index in [2.05, 4.69) is 41.4 Å².